The van der Waals surface area contributed by atoms with E-state index in [1.54, 1.807) is 17.0 Å². The van der Waals surface area contributed by atoms with Crippen LogP contribution in [0.1, 0.15) is 17.5 Å². The third-order valence-corrected chi connectivity index (χ3v) is 6.34. The molecule has 0 spiro atoms. The molecule has 1 aliphatic rings. The van der Waals surface area contributed by atoms with Gasteiger partial charge in [0.15, 0.2) is 0 Å². The Kier molecular flexibility index (Phi) is 5.36. The summed E-state index contributed by atoms with van der Waals surface area (Å²) in [4.78, 5) is 13.5. The van der Waals surface area contributed by atoms with Gasteiger partial charge in [0, 0.05) is 24.7 Å². The molecule has 1 N–H and O–H groups in total. The molecule has 0 unspecified atom stereocenters. The quantitative estimate of drug-likeness (QED) is 0.667. The first-order valence-corrected chi connectivity index (χ1v) is 10.8. The number of sulfonamides is 1. The summed E-state index contributed by atoms with van der Waals surface area (Å²) in [5.74, 6) is -2.00. The minimum Gasteiger partial charge on any atom is -0.281 e. The van der Waals surface area contributed by atoms with Crippen molar-refractivity contribution in [2.45, 2.75) is 24.3 Å². The number of para-hydroxylation sites is 1. The van der Waals surface area contributed by atoms with Gasteiger partial charge in [0.05, 0.1) is 5.69 Å². The van der Waals surface area contributed by atoms with Crippen LogP contribution in [0.5, 0.6) is 0 Å². The summed E-state index contributed by atoms with van der Waals surface area (Å²) in [5.41, 5.74) is 3.11. The maximum atomic E-state index is 13.8. The van der Waals surface area contributed by atoms with Gasteiger partial charge in [0.25, 0.3) is 0 Å². The van der Waals surface area contributed by atoms with Gasteiger partial charge in [-0.3, -0.25) is 9.69 Å². The molecule has 0 radical (unpaired) electrons. The summed E-state index contributed by atoms with van der Waals surface area (Å²) in [5, 5.41) is 0. The SMILES string of the molecule is O=C1CCc2cc(CNS(=O)(=O)c3ccc(F)cc3F)ccc2N1c1ccccc1. The Morgan fingerprint density at radius 3 is 2.43 bits per heavy atom. The first-order valence-electron chi connectivity index (χ1n) is 9.30. The van der Waals surface area contributed by atoms with Crippen molar-refractivity contribution >= 4 is 27.3 Å². The lowest BCUT2D eigenvalue weighted by Gasteiger charge is -2.30. The van der Waals surface area contributed by atoms with Crippen LogP contribution < -0.4 is 9.62 Å². The van der Waals surface area contributed by atoms with E-state index in [1.807, 2.05) is 36.4 Å². The molecule has 1 heterocycles. The van der Waals surface area contributed by atoms with E-state index < -0.39 is 26.6 Å². The number of benzene rings is 3. The highest BCUT2D eigenvalue weighted by molar-refractivity contribution is 7.89. The van der Waals surface area contributed by atoms with E-state index in [1.165, 1.54) is 0 Å². The highest BCUT2D eigenvalue weighted by Crippen LogP contribution is 2.34. The molecule has 0 fully saturated rings. The molecule has 154 valence electrons. The second kappa shape index (κ2) is 7.97. The number of amides is 1. The van der Waals surface area contributed by atoms with Gasteiger partial charge in [0.1, 0.15) is 16.5 Å². The normalized spacial score (nSPS) is 13.9. The van der Waals surface area contributed by atoms with Crippen LogP contribution in [0, 0.1) is 11.6 Å². The average Bonchev–Trinajstić information content (AvgIpc) is 2.72. The van der Waals surface area contributed by atoms with E-state index >= 15 is 0 Å². The topological polar surface area (TPSA) is 66.5 Å². The number of nitrogens with one attached hydrogen (secondary N) is 1. The standard InChI is InChI=1S/C22H18F2N2O3S/c23-17-8-10-21(19(24)13-17)30(28,29)25-14-15-6-9-20-16(12-15)7-11-22(27)26(20)18-4-2-1-3-5-18/h1-6,8-10,12-13,25H,7,11,14H2. The van der Waals surface area contributed by atoms with E-state index in [0.717, 1.165) is 29.1 Å². The first kappa shape index (κ1) is 20.2. The molecule has 1 amide bonds. The molecule has 0 saturated heterocycles. The largest absolute Gasteiger partial charge is 0.281 e. The van der Waals surface area contributed by atoms with Gasteiger partial charge < -0.3 is 0 Å². The van der Waals surface area contributed by atoms with Crippen LogP contribution in [0.4, 0.5) is 20.2 Å². The number of carbonyl (C=O) groups excluding carboxylic acids is 1. The summed E-state index contributed by atoms with van der Waals surface area (Å²) in [6.07, 6.45) is 0.891. The molecule has 4 rings (SSSR count). The molecule has 0 bridgehead atoms. The molecule has 5 nitrogen and oxygen atoms in total. The maximum Gasteiger partial charge on any atom is 0.243 e. The van der Waals surface area contributed by atoms with Gasteiger partial charge in [0.2, 0.25) is 15.9 Å². The number of rotatable bonds is 5. The Labute approximate surface area is 173 Å². The van der Waals surface area contributed by atoms with E-state index in [2.05, 4.69) is 4.72 Å². The van der Waals surface area contributed by atoms with Gasteiger partial charge in [-0.1, -0.05) is 30.3 Å². The summed E-state index contributed by atoms with van der Waals surface area (Å²) in [6.45, 7) is -0.0638. The van der Waals surface area contributed by atoms with E-state index in [-0.39, 0.29) is 12.5 Å². The number of fused-ring (bicyclic) bond motifs is 1. The van der Waals surface area contributed by atoms with Crippen molar-refractivity contribution < 1.29 is 22.0 Å². The zero-order valence-corrected chi connectivity index (χ0v) is 16.6. The predicted molar refractivity (Wildman–Crippen MR) is 109 cm³/mol. The van der Waals surface area contributed by atoms with Crippen LogP contribution >= 0.6 is 0 Å². The molecule has 30 heavy (non-hydrogen) atoms. The van der Waals surface area contributed by atoms with E-state index in [4.69, 9.17) is 0 Å². The Morgan fingerprint density at radius 1 is 0.933 bits per heavy atom. The molecule has 0 aromatic heterocycles. The lowest BCUT2D eigenvalue weighted by Crippen LogP contribution is -2.31. The lowest BCUT2D eigenvalue weighted by molar-refractivity contribution is -0.118. The summed E-state index contributed by atoms with van der Waals surface area (Å²) >= 11 is 0. The molecule has 0 atom stereocenters. The minimum absolute atomic E-state index is 0.00561. The number of anilines is 2. The highest BCUT2D eigenvalue weighted by Gasteiger charge is 2.26. The lowest BCUT2D eigenvalue weighted by atomic mass is 9.98. The highest BCUT2D eigenvalue weighted by atomic mass is 32.2. The Bertz CT molecular complexity index is 1210. The minimum atomic E-state index is -4.15. The smallest absolute Gasteiger partial charge is 0.243 e. The molecule has 1 aliphatic heterocycles. The number of hydrogen-bond donors (Lipinski definition) is 1. The monoisotopic (exact) mass is 428 g/mol. The van der Waals surface area contributed by atoms with Gasteiger partial charge in [-0.2, -0.15) is 0 Å². The van der Waals surface area contributed by atoms with Gasteiger partial charge >= 0.3 is 0 Å². The van der Waals surface area contributed by atoms with Crippen molar-refractivity contribution in [1.82, 2.24) is 4.72 Å². The fourth-order valence-electron chi connectivity index (χ4n) is 3.46. The molecular formula is C22H18F2N2O3S. The fourth-order valence-corrected chi connectivity index (χ4v) is 4.54. The van der Waals surface area contributed by atoms with Crippen molar-refractivity contribution in [3.8, 4) is 0 Å². The van der Waals surface area contributed by atoms with Gasteiger partial charge in [-0.15, -0.1) is 0 Å². The molecule has 3 aromatic rings. The summed E-state index contributed by atoms with van der Waals surface area (Å²) in [7, 11) is -4.15. The third-order valence-electron chi connectivity index (χ3n) is 4.91. The number of halogens is 2. The average molecular weight is 428 g/mol. The Morgan fingerprint density at radius 2 is 1.70 bits per heavy atom. The Hall–Kier alpha value is -3.10. The van der Waals surface area contributed by atoms with Crippen molar-refractivity contribution in [3.63, 3.8) is 0 Å². The van der Waals surface area contributed by atoms with Crippen LogP contribution in [0.15, 0.2) is 71.6 Å². The predicted octanol–water partition coefficient (Wildman–Crippen LogP) is 4.05. The second-order valence-electron chi connectivity index (χ2n) is 6.93. The summed E-state index contributed by atoms with van der Waals surface area (Å²) < 4.78 is 54.0. The number of hydrogen-bond acceptors (Lipinski definition) is 3. The van der Waals surface area contributed by atoms with Crippen LogP contribution in [0.3, 0.4) is 0 Å². The number of carbonyl (C=O) groups is 1. The van der Waals surface area contributed by atoms with Gasteiger partial charge in [-0.05, 0) is 47.9 Å². The maximum absolute atomic E-state index is 13.8. The van der Waals surface area contributed by atoms with Crippen molar-refractivity contribution in [3.05, 3.63) is 89.5 Å². The number of nitrogens with zero attached hydrogens (tertiary/aromatic N) is 1. The second-order valence-corrected chi connectivity index (χ2v) is 8.66. The molecule has 0 aliphatic carbocycles. The molecule has 0 saturated carbocycles. The van der Waals surface area contributed by atoms with E-state index in [0.29, 0.717) is 24.5 Å². The fraction of sp³-hybridized carbons (Fsp3) is 0.136. The zero-order chi connectivity index (χ0) is 21.3. The van der Waals surface area contributed by atoms with E-state index in [9.17, 15) is 22.0 Å². The van der Waals surface area contributed by atoms with Crippen LogP contribution in [0.2, 0.25) is 0 Å². The van der Waals surface area contributed by atoms with Gasteiger partial charge in [-0.25, -0.2) is 21.9 Å². The van der Waals surface area contributed by atoms with Crippen LogP contribution in [-0.4, -0.2) is 14.3 Å². The zero-order valence-electron chi connectivity index (χ0n) is 15.8. The van der Waals surface area contributed by atoms with Crippen LogP contribution in [-0.2, 0) is 27.8 Å². The van der Waals surface area contributed by atoms with Crippen LogP contribution in [0.25, 0.3) is 0 Å². The van der Waals surface area contributed by atoms with Crippen molar-refractivity contribution in [2.75, 3.05) is 4.90 Å². The molecular weight excluding hydrogens is 410 g/mol. The Balaban J connectivity index is 1.57. The third kappa shape index (κ3) is 3.96. The van der Waals surface area contributed by atoms with Crippen molar-refractivity contribution in [1.29, 1.82) is 0 Å². The number of aryl methyl sites for hydroxylation is 1. The molecule has 8 heteroatoms. The van der Waals surface area contributed by atoms with Crippen molar-refractivity contribution in [2.24, 2.45) is 0 Å². The summed E-state index contributed by atoms with van der Waals surface area (Å²) in [6, 6.07) is 16.9. The first-order chi connectivity index (χ1) is 14.3. The molecule has 3 aromatic carbocycles.